The van der Waals surface area contributed by atoms with Gasteiger partial charge in [-0.3, -0.25) is 4.90 Å². The Hall–Kier alpha value is -1.34. The fourth-order valence-electron chi connectivity index (χ4n) is 3.30. The number of β-amino-alcohol motifs (C(OH)–C–C–N with tert-alkyl or cyclic N) is 1. The normalized spacial score (nSPS) is 17.0. The summed E-state index contributed by atoms with van der Waals surface area (Å²) in [7, 11) is 1.65. The molecule has 1 unspecified atom stereocenters. The molecule has 1 aromatic carbocycles. The molecule has 6 heteroatoms. The van der Waals surface area contributed by atoms with Crippen LogP contribution in [0.3, 0.4) is 0 Å². The molecule has 1 saturated heterocycles. The Morgan fingerprint density at radius 1 is 1.11 bits per heavy atom. The van der Waals surface area contributed by atoms with Crippen molar-refractivity contribution in [2.24, 2.45) is 0 Å². The van der Waals surface area contributed by atoms with Crippen LogP contribution in [0.5, 0.6) is 11.5 Å². The molecule has 154 valence electrons. The molecule has 1 aliphatic heterocycles. The SMILES string of the molecule is CCCCNCc1ccc(OCC(O)CN2CCN(CC)CC2)c(OC)c1. The summed E-state index contributed by atoms with van der Waals surface area (Å²) in [5.41, 5.74) is 1.17. The zero-order valence-electron chi connectivity index (χ0n) is 17.2. The third-order valence-corrected chi connectivity index (χ3v) is 5.08. The van der Waals surface area contributed by atoms with Gasteiger partial charge in [0.25, 0.3) is 0 Å². The Labute approximate surface area is 164 Å². The lowest BCUT2D eigenvalue weighted by Crippen LogP contribution is -2.49. The summed E-state index contributed by atoms with van der Waals surface area (Å²) < 4.78 is 11.3. The highest BCUT2D eigenvalue weighted by atomic mass is 16.5. The summed E-state index contributed by atoms with van der Waals surface area (Å²) in [5, 5.41) is 13.8. The summed E-state index contributed by atoms with van der Waals surface area (Å²) in [5.74, 6) is 1.40. The third kappa shape index (κ3) is 7.66. The number of benzene rings is 1. The summed E-state index contributed by atoms with van der Waals surface area (Å²) in [6.45, 7) is 12.4. The van der Waals surface area contributed by atoms with Crippen LogP contribution in [0.1, 0.15) is 32.3 Å². The molecule has 0 aromatic heterocycles. The number of hydrogen-bond acceptors (Lipinski definition) is 6. The van der Waals surface area contributed by atoms with Crippen LogP contribution in [0.15, 0.2) is 18.2 Å². The largest absolute Gasteiger partial charge is 0.493 e. The number of nitrogens with one attached hydrogen (secondary N) is 1. The molecule has 1 fully saturated rings. The lowest BCUT2D eigenvalue weighted by atomic mass is 10.2. The van der Waals surface area contributed by atoms with Crippen molar-refractivity contribution in [2.45, 2.75) is 39.3 Å². The van der Waals surface area contributed by atoms with Crippen LogP contribution in [0.25, 0.3) is 0 Å². The molecule has 27 heavy (non-hydrogen) atoms. The molecule has 0 amide bonds. The van der Waals surface area contributed by atoms with Crippen molar-refractivity contribution in [3.63, 3.8) is 0 Å². The second-order valence-electron chi connectivity index (χ2n) is 7.22. The number of hydrogen-bond donors (Lipinski definition) is 2. The lowest BCUT2D eigenvalue weighted by molar-refractivity contribution is 0.0464. The minimum absolute atomic E-state index is 0.276. The molecular weight excluding hydrogens is 342 g/mol. The quantitative estimate of drug-likeness (QED) is 0.542. The number of methoxy groups -OCH3 is 1. The molecule has 0 spiro atoms. The van der Waals surface area contributed by atoms with Crippen molar-refractivity contribution in [1.82, 2.24) is 15.1 Å². The highest BCUT2D eigenvalue weighted by molar-refractivity contribution is 5.43. The van der Waals surface area contributed by atoms with E-state index in [1.165, 1.54) is 18.4 Å². The second kappa shape index (κ2) is 12.2. The molecular formula is C21H37N3O3. The minimum atomic E-state index is -0.502. The molecule has 1 heterocycles. The first-order valence-electron chi connectivity index (χ1n) is 10.3. The van der Waals surface area contributed by atoms with Crippen molar-refractivity contribution < 1.29 is 14.6 Å². The van der Waals surface area contributed by atoms with Crippen LogP contribution in [-0.2, 0) is 6.54 Å². The maximum absolute atomic E-state index is 10.3. The highest BCUT2D eigenvalue weighted by Gasteiger charge is 2.19. The Bertz CT molecular complexity index is 533. The molecule has 0 aliphatic carbocycles. The van der Waals surface area contributed by atoms with E-state index >= 15 is 0 Å². The van der Waals surface area contributed by atoms with Gasteiger partial charge in [0, 0.05) is 39.3 Å². The van der Waals surface area contributed by atoms with Crippen LogP contribution in [0.2, 0.25) is 0 Å². The van der Waals surface area contributed by atoms with E-state index in [0.29, 0.717) is 18.0 Å². The summed E-state index contributed by atoms with van der Waals surface area (Å²) in [6, 6.07) is 5.99. The molecule has 1 aliphatic rings. The van der Waals surface area contributed by atoms with Gasteiger partial charge in [-0.1, -0.05) is 26.3 Å². The van der Waals surface area contributed by atoms with Gasteiger partial charge in [0.1, 0.15) is 12.7 Å². The number of likely N-dealkylation sites (N-methyl/N-ethyl adjacent to an activating group) is 1. The maximum Gasteiger partial charge on any atom is 0.161 e. The molecule has 0 saturated carbocycles. The number of aliphatic hydroxyl groups excluding tert-OH is 1. The van der Waals surface area contributed by atoms with Gasteiger partial charge in [-0.25, -0.2) is 0 Å². The van der Waals surface area contributed by atoms with E-state index in [-0.39, 0.29) is 6.61 Å². The third-order valence-electron chi connectivity index (χ3n) is 5.08. The zero-order valence-corrected chi connectivity index (χ0v) is 17.2. The van der Waals surface area contributed by atoms with Crippen LogP contribution < -0.4 is 14.8 Å². The first-order valence-corrected chi connectivity index (χ1v) is 10.3. The van der Waals surface area contributed by atoms with Crippen LogP contribution in [0.4, 0.5) is 0 Å². The molecule has 0 bridgehead atoms. The van der Waals surface area contributed by atoms with Gasteiger partial charge in [0.05, 0.1) is 7.11 Å². The predicted molar refractivity (Wildman–Crippen MR) is 110 cm³/mol. The Kier molecular flexibility index (Phi) is 9.91. The summed E-state index contributed by atoms with van der Waals surface area (Å²) in [6.07, 6.45) is 1.88. The summed E-state index contributed by atoms with van der Waals surface area (Å²) in [4.78, 5) is 4.74. The van der Waals surface area contributed by atoms with Crippen molar-refractivity contribution in [3.8, 4) is 11.5 Å². The molecule has 6 nitrogen and oxygen atoms in total. The molecule has 1 atom stereocenters. The monoisotopic (exact) mass is 379 g/mol. The topological polar surface area (TPSA) is 57.2 Å². The minimum Gasteiger partial charge on any atom is -0.493 e. The van der Waals surface area contributed by atoms with Gasteiger partial charge in [0.15, 0.2) is 11.5 Å². The molecule has 0 radical (unpaired) electrons. The van der Waals surface area contributed by atoms with Crippen LogP contribution >= 0.6 is 0 Å². The first-order chi connectivity index (χ1) is 13.2. The van der Waals surface area contributed by atoms with Gasteiger partial charge in [-0.15, -0.1) is 0 Å². The van der Waals surface area contributed by atoms with E-state index in [9.17, 15) is 5.11 Å². The van der Waals surface area contributed by atoms with Crippen molar-refractivity contribution in [1.29, 1.82) is 0 Å². The van der Waals surface area contributed by atoms with Crippen molar-refractivity contribution >= 4 is 0 Å². The van der Waals surface area contributed by atoms with Gasteiger partial charge >= 0.3 is 0 Å². The number of nitrogens with zero attached hydrogens (tertiary/aromatic N) is 2. The van der Waals surface area contributed by atoms with E-state index in [4.69, 9.17) is 9.47 Å². The first kappa shape index (κ1) is 22.0. The van der Waals surface area contributed by atoms with E-state index in [1.54, 1.807) is 7.11 Å². The maximum atomic E-state index is 10.3. The van der Waals surface area contributed by atoms with E-state index in [2.05, 4.69) is 29.0 Å². The van der Waals surface area contributed by atoms with E-state index in [1.807, 2.05) is 18.2 Å². The van der Waals surface area contributed by atoms with Gasteiger partial charge in [-0.2, -0.15) is 0 Å². The number of rotatable bonds is 12. The molecule has 1 aromatic rings. The van der Waals surface area contributed by atoms with Crippen molar-refractivity contribution in [2.75, 3.05) is 59.5 Å². The smallest absolute Gasteiger partial charge is 0.161 e. The van der Waals surface area contributed by atoms with Crippen LogP contribution in [-0.4, -0.2) is 80.5 Å². The molecule has 2 rings (SSSR count). The molecule has 2 N–H and O–H groups in total. The number of ether oxygens (including phenoxy) is 2. The Balaban J connectivity index is 1.77. The van der Waals surface area contributed by atoms with Crippen molar-refractivity contribution in [3.05, 3.63) is 23.8 Å². The average molecular weight is 380 g/mol. The number of aliphatic hydroxyl groups is 1. The standard InChI is InChI=1S/C21H37N3O3/c1-4-6-9-22-15-18-7-8-20(21(14-18)26-3)27-17-19(25)16-24-12-10-23(5-2)11-13-24/h7-8,14,19,22,25H,4-6,9-13,15-17H2,1-3H3. The van der Waals surface area contributed by atoms with Gasteiger partial charge < -0.3 is 24.8 Å². The fraction of sp³-hybridized carbons (Fsp3) is 0.714. The second-order valence-corrected chi connectivity index (χ2v) is 7.22. The summed E-state index contributed by atoms with van der Waals surface area (Å²) >= 11 is 0. The van der Waals surface area contributed by atoms with Gasteiger partial charge in [0.2, 0.25) is 0 Å². The van der Waals surface area contributed by atoms with E-state index < -0.39 is 6.10 Å². The number of unbranched alkanes of at least 4 members (excludes halogenated alkanes) is 1. The van der Waals surface area contributed by atoms with Crippen LogP contribution in [0, 0.1) is 0 Å². The zero-order chi connectivity index (χ0) is 19.5. The Morgan fingerprint density at radius 3 is 2.52 bits per heavy atom. The number of piperazine rings is 1. The Morgan fingerprint density at radius 2 is 1.85 bits per heavy atom. The predicted octanol–water partition coefficient (Wildman–Crippen LogP) is 1.96. The fourth-order valence-corrected chi connectivity index (χ4v) is 3.30. The highest BCUT2D eigenvalue weighted by Crippen LogP contribution is 2.28. The average Bonchev–Trinajstić information content (AvgIpc) is 2.70. The van der Waals surface area contributed by atoms with E-state index in [0.717, 1.165) is 45.8 Å². The van der Waals surface area contributed by atoms with Gasteiger partial charge in [-0.05, 0) is 37.2 Å². The lowest BCUT2D eigenvalue weighted by Gasteiger charge is -2.34.